The molecule has 3 rings (SSSR count). The summed E-state index contributed by atoms with van der Waals surface area (Å²) in [5, 5.41) is 10.4. The third-order valence-electron chi connectivity index (χ3n) is 3.70. The molecule has 0 aliphatic carbocycles. The zero-order chi connectivity index (χ0) is 17.8. The summed E-state index contributed by atoms with van der Waals surface area (Å²) in [6.07, 6.45) is 1.61. The number of aromatic hydroxyl groups is 1. The zero-order valence-electron chi connectivity index (χ0n) is 14.2. The van der Waals surface area contributed by atoms with Gasteiger partial charge in [0.1, 0.15) is 17.2 Å². The molecule has 0 spiro atoms. The number of benzene rings is 2. The van der Waals surface area contributed by atoms with Crippen LogP contribution >= 0.6 is 11.3 Å². The third kappa shape index (κ3) is 3.64. The highest BCUT2D eigenvalue weighted by Gasteiger charge is 2.15. The molecular weight excluding hydrogens is 336 g/mol. The molecule has 5 nitrogen and oxygen atoms in total. The van der Waals surface area contributed by atoms with Crippen LogP contribution in [0.4, 0.5) is 5.13 Å². The standard InChI is InChI=1S/C19H18N2O3S/c1-12-18(15-10-14(23-2)8-9-17(15)24-3)21-19(25-12)20-11-13-6-4-5-7-16(13)22/h4-11,22H,1-3H3/b20-11+. The summed E-state index contributed by atoms with van der Waals surface area (Å²) in [5.74, 6) is 1.65. The van der Waals surface area contributed by atoms with Gasteiger partial charge in [0.25, 0.3) is 0 Å². The van der Waals surface area contributed by atoms with E-state index in [0.717, 1.165) is 27.6 Å². The average molecular weight is 354 g/mol. The molecule has 0 aliphatic heterocycles. The number of nitrogens with zero attached hydrogens (tertiary/aromatic N) is 2. The SMILES string of the molecule is COc1ccc(OC)c(-c2nc(/N=C/c3ccccc3O)sc2C)c1. The number of aromatic nitrogens is 1. The van der Waals surface area contributed by atoms with Crippen molar-refractivity contribution < 1.29 is 14.6 Å². The van der Waals surface area contributed by atoms with Crippen LogP contribution in [-0.2, 0) is 0 Å². The second-order valence-electron chi connectivity index (χ2n) is 5.28. The number of phenolic OH excluding ortho intramolecular Hbond substituents is 1. The lowest BCUT2D eigenvalue weighted by Crippen LogP contribution is -1.91. The Morgan fingerprint density at radius 3 is 2.64 bits per heavy atom. The minimum absolute atomic E-state index is 0.189. The highest BCUT2D eigenvalue weighted by Crippen LogP contribution is 2.38. The number of rotatable bonds is 5. The number of ether oxygens (including phenoxy) is 2. The highest BCUT2D eigenvalue weighted by atomic mass is 32.1. The topological polar surface area (TPSA) is 63.9 Å². The second kappa shape index (κ2) is 7.36. The number of aryl methyl sites for hydroxylation is 1. The third-order valence-corrected chi connectivity index (χ3v) is 4.58. The molecule has 128 valence electrons. The molecule has 0 bridgehead atoms. The molecule has 0 fully saturated rings. The summed E-state index contributed by atoms with van der Waals surface area (Å²) in [7, 11) is 3.26. The molecule has 2 aromatic carbocycles. The Balaban J connectivity index is 1.97. The van der Waals surface area contributed by atoms with E-state index in [9.17, 15) is 5.11 Å². The van der Waals surface area contributed by atoms with Crippen molar-refractivity contribution in [2.75, 3.05) is 14.2 Å². The van der Waals surface area contributed by atoms with E-state index < -0.39 is 0 Å². The van der Waals surface area contributed by atoms with E-state index in [-0.39, 0.29) is 5.75 Å². The van der Waals surface area contributed by atoms with Crippen molar-refractivity contribution in [2.45, 2.75) is 6.92 Å². The number of hydrogen-bond acceptors (Lipinski definition) is 6. The summed E-state index contributed by atoms with van der Waals surface area (Å²) >= 11 is 1.48. The van der Waals surface area contributed by atoms with E-state index >= 15 is 0 Å². The quantitative estimate of drug-likeness (QED) is 0.681. The summed E-state index contributed by atoms with van der Waals surface area (Å²) in [6.45, 7) is 1.99. The Morgan fingerprint density at radius 2 is 1.92 bits per heavy atom. The van der Waals surface area contributed by atoms with Crippen LogP contribution in [0.5, 0.6) is 17.2 Å². The van der Waals surface area contributed by atoms with Gasteiger partial charge in [0.15, 0.2) is 0 Å². The molecule has 0 radical (unpaired) electrons. The Morgan fingerprint density at radius 1 is 1.12 bits per heavy atom. The maximum atomic E-state index is 9.81. The number of thiazole rings is 1. The number of methoxy groups -OCH3 is 2. The molecule has 1 N–H and O–H groups in total. The van der Waals surface area contributed by atoms with Gasteiger partial charge in [-0.05, 0) is 37.3 Å². The maximum Gasteiger partial charge on any atom is 0.209 e. The lowest BCUT2D eigenvalue weighted by Gasteiger charge is -2.09. The predicted molar refractivity (Wildman–Crippen MR) is 101 cm³/mol. The molecule has 0 atom stereocenters. The summed E-state index contributed by atoms with van der Waals surface area (Å²) in [6, 6.07) is 12.6. The van der Waals surface area contributed by atoms with Crippen LogP contribution in [0.2, 0.25) is 0 Å². The van der Waals surface area contributed by atoms with E-state index in [4.69, 9.17) is 9.47 Å². The average Bonchev–Trinajstić information content (AvgIpc) is 3.01. The minimum atomic E-state index is 0.189. The van der Waals surface area contributed by atoms with E-state index in [2.05, 4.69) is 9.98 Å². The maximum absolute atomic E-state index is 9.81. The first-order valence-corrected chi connectivity index (χ1v) is 8.46. The normalized spacial score (nSPS) is 11.0. The molecule has 6 heteroatoms. The molecule has 25 heavy (non-hydrogen) atoms. The number of phenols is 1. The van der Waals surface area contributed by atoms with Crippen molar-refractivity contribution >= 4 is 22.7 Å². The summed E-state index contributed by atoms with van der Waals surface area (Å²) in [4.78, 5) is 10.0. The fourth-order valence-corrected chi connectivity index (χ4v) is 3.18. The van der Waals surface area contributed by atoms with Crippen LogP contribution in [0, 0.1) is 6.92 Å². The van der Waals surface area contributed by atoms with Crippen molar-refractivity contribution in [3.05, 3.63) is 52.9 Å². The molecule has 3 aromatic rings. The van der Waals surface area contributed by atoms with Crippen molar-refractivity contribution in [1.29, 1.82) is 0 Å². The van der Waals surface area contributed by atoms with E-state index in [1.807, 2.05) is 31.2 Å². The molecule has 1 heterocycles. The van der Waals surface area contributed by atoms with Crippen LogP contribution in [-0.4, -0.2) is 30.5 Å². The molecule has 0 aliphatic rings. The molecule has 1 aromatic heterocycles. The Kier molecular flexibility index (Phi) is 5.00. The molecule has 0 amide bonds. The van der Waals surface area contributed by atoms with E-state index in [1.165, 1.54) is 11.3 Å². The fraction of sp³-hybridized carbons (Fsp3) is 0.158. The predicted octanol–water partition coefficient (Wildman–Crippen LogP) is 4.59. The summed E-state index contributed by atoms with van der Waals surface area (Å²) < 4.78 is 10.7. The highest BCUT2D eigenvalue weighted by molar-refractivity contribution is 7.15. The monoisotopic (exact) mass is 354 g/mol. The van der Waals surface area contributed by atoms with Gasteiger partial charge in [0, 0.05) is 22.2 Å². The lowest BCUT2D eigenvalue weighted by atomic mass is 10.1. The van der Waals surface area contributed by atoms with Crippen molar-refractivity contribution in [2.24, 2.45) is 4.99 Å². The van der Waals surface area contributed by atoms with Gasteiger partial charge in [0.05, 0.1) is 19.9 Å². The van der Waals surface area contributed by atoms with E-state index in [1.54, 1.807) is 38.6 Å². The van der Waals surface area contributed by atoms with Crippen molar-refractivity contribution in [1.82, 2.24) is 4.98 Å². The van der Waals surface area contributed by atoms with Gasteiger partial charge in [-0.25, -0.2) is 9.98 Å². The first-order chi connectivity index (χ1) is 12.1. The number of para-hydroxylation sites is 1. The van der Waals surface area contributed by atoms with Crippen molar-refractivity contribution in [3.63, 3.8) is 0 Å². The van der Waals surface area contributed by atoms with Gasteiger partial charge in [0.2, 0.25) is 5.13 Å². The number of hydrogen-bond donors (Lipinski definition) is 1. The van der Waals surface area contributed by atoms with Crippen LogP contribution in [0.3, 0.4) is 0 Å². The van der Waals surface area contributed by atoms with E-state index in [0.29, 0.717) is 10.7 Å². The van der Waals surface area contributed by atoms with Crippen molar-refractivity contribution in [3.8, 4) is 28.5 Å². The fourth-order valence-electron chi connectivity index (χ4n) is 2.41. The molecule has 0 saturated heterocycles. The largest absolute Gasteiger partial charge is 0.507 e. The van der Waals surface area contributed by atoms with Crippen LogP contribution < -0.4 is 9.47 Å². The second-order valence-corrected chi connectivity index (χ2v) is 6.47. The molecule has 0 saturated carbocycles. The minimum Gasteiger partial charge on any atom is -0.507 e. The Bertz CT molecular complexity index is 919. The molecule has 0 unspecified atom stereocenters. The smallest absolute Gasteiger partial charge is 0.209 e. The van der Waals surface area contributed by atoms with Crippen LogP contribution in [0.25, 0.3) is 11.3 Å². The Hall–Kier alpha value is -2.86. The Labute approximate surface area is 150 Å². The first-order valence-electron chi connectivity index (χ1n) is 7.64. The van der Waals surface area contributed by atoms with Crippen LogP contribution in [0.15, 0.2) is 47.5 Å². The van der Waals surface area contributed by atoms with Gasteiger partial charge in [-0.1, -0.05) is 23.5 Å². The van der Waals surface area contributed by atoms with Gasteiger partial charge in [-0.15, -0.1) is 0 Å². The first kappa shape index (κ1) is 17.0. The van der Waals surface area contributed by atoms with Gasteiger partial charge >= 0.3 is 0 Å². The molecular formula is C19H18N2O3S. The van der Waals surface area contributed by atoms with Crippen LogP contribution in [0.1, 0.15) is 10.4 Å². The van der Waals surface area contributed by atoms with Gasteiger partial charge < -0.3 is 14.6 Å². The lowest BCUT2D eigenvalue weighted by molar-refractivity contribution is 0.404. The zero-order valence-corrected chi connectivity index (χ0v) is 15.0. The van der Waals surface area contributed by atoms with Gasteiger partial charge in [-0.3, -0.25) is 0 Å². The summed E-state index contributed by atoms with van der Waals surface area (Å²) in [5.41, 5.74) is 2.32. The number of aliphatic imine (C=N–C) groups is 1. The van der Waals surface area contributed by atoms with Gasteiger partial charge in [-0.2, -0.15) is 0 Å².